The molecule has 0 N–H and O–H groups in total. The molecule has 2 rings (SSSR count). The molecule has 1 saturated heterocycles. The summed E-state index contributed by atoms with van der Waals surface area (Å²) in [5.74, 6) is 0.0825. The van der Waals surface area contributed by atoms with Crippen LogP contribution in [0.25, 0.3) is 0 Å². The number of nitrogens with zero attached hydrogens (tertiary/aromatic N) is 1. The molecule has 2 heterocycles. The number of hydrogen-bond donors (Lipinski definition) is 0. The third-order valence-corrected chi connectivity index (χ3v) is 3.68. The molecule has 1 aliphatic rings. The maximum atomic E-state index is 12.7. The molecule has 1 atom stereocenters. The minimum atomic E-state index is -0.406. The van der Waals surface area contributed by atoms with Gasteiger partial charge in [0.25, 0.3) is 0 Å². The number of aromatic nitrogens is 1. The summed E-state index contributed by atoms with van der Waals surface area (Å²) in [5, 5.41) is 0. The predicted molar refractivity (Wildman–Crippen MR) is 70.7 cm³/mol. The van der Waals surface area contributed by atoms with E-state index in [4.69, 9.17) is 4.74 Å². The molecule has 3 heteroatoms. The van der Waals surface area contributed by atoms with E-state index in [1.165, 1.54) is 0 Å². The fourth-order valence-corrected chi connectivity index (χ4v) is 2.91. The van der Waals surface area contributed by atoms with Crippen LogP contribution in [-0.4, -0.2) is 22.0 Å². The molecule has 18 heavy (non-hydrogen) atoms. The molecule has 0 aromatic carbocycles. The lowest BCUT2D eigenvalue weighted by Gasteiger charge is -2.26. The smallest absolute Gasteiger partial charge is 0.169 e. The summed E-state index contributed by atoms with van der Waals surface area (Å²) in [4.78, 5) is 16.7. The molecule has 0 radical (unpaired) electrons. The van der Waals surface area contributed by atoms with Crippen LogP contribution in [0.4, 0.5) is 0 Å². The fraction of sp³-hybridized carbons (Fsp3) is 0.600. The third-order valence-electron chi connectivity index (χ3n) is 3.68. The van der Waals surface area contributed by atoms with Gasteiger partial charge in [-0.05, 0) is 52.7 Å². The summed E-state index contributed by atoms with van der Waals surface area (Å²) >= 11 is 0. The first-order valence-corrected chi connectivity index (χ1v) is 6.38. The predicted octanol–water partition coefficient (Wildman–Crippen LogP) is 3.17. The number of hydrogen-bond acceptors (Lipinski definition) is 3. The number of rotatable bonds is 2. The lowest BCUT2D eigenvalue weighted by Crippen LogP contribution is -2.34. The van der Waals surface area contributed by atoms with Gasteiger partial charge in [-0.15, -0.1) is 0 Å². The minimum absolute atomic E-state index is 0.0893. The van der Waals surface area contributed by atoms with E-state index >= 15 is 0 Å². The molecule has 1 unspecified atom stereocenters. The summed E-state index contributed by atoms with van der Waals surface area (Å²) in [6.45, 7) is 10.0. The number of ether oxygens (including phenoxy) is 1. The zero-order valence-corrected chi connectivity index (χ0v) is 11.8. The molecule has 1 aromatic heterocycles. The number of ketones is 1. The van der Waals surface area contributed by atoms with E-state index in [9.17, 15) is 4.79 Å². The molecule has 1 fully saturated rings. The van der Waals surface area contributed by atoms with Crippen molar-refractivity contribution < 1.29 is 9.53 Å². The lowest BCUT2D eigenvalue weighted by molar-refractivity contribution is -0.0712. The van der Waals surface area contributed by atoms with Gasteiger partial charge in [0.1, 0.15) is 0 Å². The van der Waals surface area contributed by atoms with Crippen LogP contribution >= 0.6 is 0 Å². The van der Waals surface area contributed by atoms with Crippen molar-refractivity contribution in [1.29, 1.82) is 0 Å². The highest BCUT2D eigenvalue weighted by Gasteiger charge is 2.49. The average Bonchev–Trinajstić information content (AvgIpc) is 2.46. The molecule has 0 saturated carbocycles. The standard InChI is InChI=1S/C15H21NO2/c1-10-9-16-7-6-11(10)13(17)12-8-14(2,3)18-15(12,4)5/h6-7,9,12H,8H2,1-5H3. The molecular weight excluding hydrogens is 226 g/mol. The molecular formula is C15H21NO2. The van der Waals surface area contributed by atoms with E-state index in [2.05, 4.69) is 4.98 Å². The van der Waals surface area contributed by atoms with Crippen LogP contribution in [0.2, 0.25) is 0 Å². The third kappa shape index (κ3) is 2.32. The van der Waals surface area contributed by atoms with E-state index in [0.29, 0.717) is 0 Å². The Hall–Kier alpha value is -1.22. The van der Waals surface area contributed by atoms with Crippen molar-refractivity contribution in [2.75, 3.05) is 0 Å². The fourth-order valence-electron chi connectivity index (χ4n) is 2.91. The van der Waals surface area contributed by atoms with Crippen LogP contribution in [0.3, 0.4) is 0 Å². The van der Waals surface area contributed by atoms with Gasteiger partial charge in [-0.25, -0.2) is 0 Å². The molecule has 0 spiro atoms. The summed E-state index contributed by atoms with van der Waals surface area (Å²) in [5.41, 5.74) is 1.06. The Balaban J connectivity index is 2.33. The van der Waals surface area contributed by atoms with Crippen molar-refractivity contribution >= 4 is 5.78 Å². The van der Waals surface area contributed by atoms with Crippen LogP contribution in [0.1, 0.15) is 50.0 Å². The van der Waals surface area contributed by atoms with E-state index in [1.54, 1.807) is 18.5 Å². The molecule has 0 amide bonds. The van der Waals surface area contributed by atoms with E-state index in [-0.39, 0.29) is 17.3 Å². The SMILES string of the molecule is Cc1cnccc1C(=O)C1CC(C)(C)OC1(C)C. The highest BCUT2D eigenvalue weighted by Crippen LogP contribution is 2.43. The van der Waals surface area contributed by atoms with Crippen LogP contribution < -0.4 is 0 Å². The van der Waals surface area contributed by atoms with E-state index < -0.39 is 5.60 Å². The van der Waals surface area contributed by atoms with Gasteiger partial charge in [0.05, 0.1) is 17.1 Å². The van der Waals surface area contributed by atoms with Crippen molar-refractivity contribution in [2.24, 2.45) is 5.92 Å². The maximum Gasteiger partial charge on any atom is 0.169 e. The van der Waals surface area contributed by atoms with Gasteiger partial charge in [0.15, 0.2) is 5.78 Å². The molecule has 1 aliphatic heterocycles. The van der Waals surface area contributed by atoms with Gasteiger partial charge in [0.2, 0.25) is 0 Å². The number of aryl methyl sites for hydroxylation is 1. The quantitative estimate of drug-likeness (QED) is 0.753. The second-order valence-electron chi connectivity index (χ2n) is 6.28. The second-order valence-corrected chi connectivity index (χ2v) is 6.28. The van der Waals surface area contributed by atoms with Gasteiger partial charge in [-0.2, -0.15) is 0 Å². The minimum Gasteiger partial charge on any atom is -0.369 e. The highest BCUT2D eigenvalue weighted by molar-refractivity contribution is 5.99. The highest BCUT2D eigenvalue weighted by atomic mass is 16.5. The summed E-state index contributed by atoms with van der Waals surface area (Å²) in [6, 6.07) is 1.80. The van der Waals surface area contributed by atoms with E-state index in [0.717, 1.165) is 17.5 Å². The summed E-state index contributed by atoms with van der Waals surface area (Å²) in [6.07, 6.45) is 4.18. The molecule has 0 aliphatic carbocycles. The Kier molecular flexibility index (Phi) is 3.06. The molecule has 1 aromatic rings. The van der Waals surface area contributed by atoms with Crippen molar-refractivity contribution in [3.63, 3.8) is 0 Å². The first-order valence-electron chi connectivity index (χ1n) is 6.38. The summed E-state index contributed by atoms with van der Waals surface area (Å²) < 4.78 is 5.99. The normalized spacial score (nSPS) is 25.1. The van der Waals surface area contributed by atoms with Crippen LogP contribution in [-0.2, 0) is 4.74 Å². The van der Waals surface area contributed by atoms with Gasteiger partial charge < -0.3 is 4.74 Å². The Morgan fingerprint density at radius 1 is 1.39 bits per heavy atom. The van der Waals surface area contributed by atoms with Crippen molar-refractivity contribution in [1.82, 2.24) is 4.98 Å². The van der Waals surface area contributed by atoms with Crippen molar-refractivity contribution in [3.8, 4) is 0 Å². The zero-order valence-electron chi connectivity index (χ0n) is 11.8. The average molecular weight is 247 g/mol. The maximum absolute atomic E-state index is 12.7. The van der Waals surface area contributed by atoms with Gasteiger partial charge in [-0.3, -0.25) is 9.78 Å². The van der Waals surface area contributed by atoms with Gasteiger partial charge in [-0.1, -0.05) is 0 Å². The second kappa shape index (κ2) is 4.16. The topological polar surface area (TPSA) is 39.2 Å². The van der Waals surface area contributed by atoms with Crippen molar-refractivity contribution in [3.05, 3.63) is 29.6 Å². The van der Waals surface area contributed by atoms with Crippen LogP contribution in [0.15, 0.2) is 18.5 Å². The molecule has 0 bridgehead atoms. The first-order chi connectivity index (χ1) is 8.23. The Morgan fingerprint density at radius 2 is 2.06 bits per heavy atom. The number of Topliss-reactive ketones (excluding diaryl/α,β-unsaturated/α-hetero) is 1. The monoisotopic (exact) mass is 247 g/mol. The summed E-state index contributed by atoms with van der Waals surface area (Å²) in [7, 11) is 0. The Labute approximate surface area is 109 Å². The van der Waals surface area contributed by atoms with Crippen LogP contribution in [0, 0.1) is 12.8 Å². The van der Waals surface area contributed by atoms with E-state index in [1.807, 2.05) is 34.6 Å². The van der Waals surface area contributed by atoms with Gasteiger partial charge >= 0.3 is 0 Å². The Bertz CT molecular complexity index is 477. The van der Waals surface area contributed by atoms with Crippen LogP contribution in [0.5, 0.6) is 0 Å². The zero-order chi connectivity index (χ0) is 13.6. The first kappa shape index (κ1) is 13.2. The lowest BCUT2D eigenvalue weighted by atomic mass is 9.81. The molecule has 98 valence electrons. The number of pyridine rings is 1. The number of carbonyl (C=O) groups excluding carboxylic acids is 1. The van der Waals surface area contributed by atoms with Gasteiger partial charge in [0, 0.05) is 18.0 Å². The van der Waals surface area contributed by atoms with Crippen molar-refractivity contribution in [2.45, 2.75) is 52.2 Å². The number of carbonyl (C=O) groups is 1. The molecule has 3 nitrogen and oxygen atoms in total. The largest absolute Gasteiger partial charge is 0.369 e. The Morgan fingerprint density at radius 3 is 2.56 bits per heavy atom.